The molecule has 3 aromatic rings. The van der Waals surface area contributed by atoms with Crippen molar-refractivity contribution in [2.24, 2.45) is 0 Å². The van der Waals surface area contributed by atoms with E-state index in [-0.39, 0.29) is 5.91 Å². The number of nitrogens with one attached hydrogen (secondary N) is 2. The molecule has 6 heteroatoms. The molecule has 2 N–H and O–H groups in total. The second-order valence-corrected chi connectivity index (χ2v) is 7.08. The van der Waals surface area contributed by atoms with Crippen LogP contribution in [-0.4, -0.2) is 17.1 Å². The fourth-order valence-corrected chi connectivity index (χ4v) is 3.90. The van der Waals surface area contributed by atoms with Crippen molar-refractivity contribution in [2.45, 2.75) is 18.7 Å². The number of anilines is 1. The first-order valence-electron chi connectivity index (χ1n) is 7.15. The first-order chi connectivity index (χ1) is 11.1. The summed E-state index contributed by atoms with van der Waals surface area (Å²) in [5, 5.41) is 0.684. The highest BCUT2D eigenvalue weighted by atomic mass is 32.2. The van der Waals surface area contributed by atoms with Crippen LogP contribution in [0.25, 0.3) is 10.2 Å². The summed E-state index contributed by atoms with van der Waals surface area (Å²) < 4.78 is 1.14. The highest BCUT2D eigenvalue weighted by Gasteiger charge is 2.11. The van der Waals surface area contributed by atoms with Crippen molar-refractivity contribution >= 4 is 44.4 Å². The molecule has 0 saturated heterocycles. The van der Waals surface area contributed by atoms with Gasteiger partial charge < -0.3 is 0 Å². The third-order valence-corrected chi connectivity index (χ3v) is 5.37. The maximum absolute atomic E-state index is 12.3. The quantitative estimate of drug-likeness (QED) is 0.545. The van der Waals surface area contributed by atoms with Gasteiger partial charge in [0.1, 0.15) is 0 Å². The number of carbonyl (C=O) groups is 1. The molecular weight excluding hydrogens is 326 g/mol. The topological polar surface area (TPSA) is 54.0 Å². The van der Waals surface area contributed by atoms with Gasteiger partial charge in [-0.05, 0) is 49.4 Å². The minimum Gasteiger partial charge on any atom is -0.273 e. The van der Waals surface area contributed by atoms with Crippen LogP contribution < -0.4 is 10.9 Å². The Hall–Kier alpha value is -2.05. The lowest BCUT2D eigenvalue weighted by Crippen LogP contribution is -2.29. The molecule has 3 rings (SSSR count). The first kappa shape index (κ1) is 15.8. The maximum Gasteiger partial charge on any atom is 0.270 e. The zero-order valence-corrected chi connectivity index (χ0v) is 14.8. The summed E-state index contributed by atoms with van der Waals surface area (Å²) in [6.45, 7) is 4.13. The number of nitrogens with zero attached hydrogens (tertiary/aromatic N) is 1. The minimum atomic E-state index is -0.165. The lowest BCUT2D eigenvalue weighted by atomic mass is 10.1. The van der Waals surface area contributed by atoms with E-state index in [1.807, 2.05) is 30.5 Å². The van der Waals surface area contributed by atoms with E-state index in [0.717, 1.165) is 15.1 Å². The van der Waals surface area contributed by atoms with Crippen LogP contribution in [-0.2, 0) is 0 Å². The second kappa shape index (κ2) is 6.60. The van der Waals surface area contributed by atoms with Gasteiger partial charge in [-0.25, -0.2) is 4.98 Å². The average molecular weight is 343 g/mol. The zero-order chi connectivity index (χ0) is 16.4. The van der Waals surface area contributed by atoms with Gasteiger partial charge in [0, 0.05) is 4.90 Å². The van der Waals surface area contributed by atoms with Crippen molar-refractivity contribution < 1.29 is 4.79 Å². The van der Waals surface area contributed by atoms with Crippen LogP contribution in [0.5, 0.6) is 0 Å². The molecule has 0 spiro atoms. The Morgan fingerprint density at radius 1 is 1.22 bits per heavy atom. The predicted molar refractivity (Wildman–Crippen MR) is 98.4 cm³/mol. The molecule has 0 unspecified atom stereocenters. The predicted octanol–water partition coefficient (Wildman–Crippen LogP) is 4.39. The zero-order valence-electron chi connectivity index (χ0n) is 13.1. The number of thioether (sulfide) groups is 1. The number of aromatic nitrogens is 1. The van der Waals surface area contributed by atoms with Gasteiger partial charge in [0.15, 0.2) is 0 Å². The van der Waals surface area contributed by atoms with E-state index in [2.05, 4.69) is 41.8 Å². The number of benzene rings is 2. The van der Waals surface area contributed by atoms with Gasteiger partial charge in [-0.2, -0.15) is 0 Å². The molecule has 4 nitrogen and oxygen atoms in total. The van der Waals surface area contributed by atoms with Crippen LogP contribution >= 0.6 is 23.1 Å². The molecule has 0 aliphatic rings. The number of thiazole rings is 1. The van der Waals surface area contributed by atoms with E-state index in [4.69, 9.17) is 0 Å². The summed E-state index contributed by atoms with van der Waals surface area (Å²) in [6.07, 6.45) is 1.96. The third-order valence-electron chi connectivity index (χ3n) is 3.45. The minimum absolute atomic E-state index is 0.165. The average Bonchev–Trinajstić information content (AvgIpc) is 2.95. The Labute approximate surface area is 143 Å². The number of aryl methyl sites for hydroxylation is 2. The fourth-order valence-electron chi connectivity index (χ4n) is 2.44. The van der Waals surface area contributed by atoms with Gasteiger partial charge in [0.25, 0.3) is 5.91 Å². The van der Waals surface area contributed by atoms with Gasteiger partial charge in [0.05, 0.1) is 15.8 Å². The standard InChI is InChI=1S/C17H17N3OS2/c1-10-8-11(2)15-13(9-10)18-17(23-15)20-19-16(21)12-6-4-5-7-14(12)22-3/h4-9H,1-3H3,(H,18,20)(H,19,21). The van der Waals surface area contributed by atoms with Crippen LogP contribution in [0.15, 0.2) is 41.3 Å². The lowest BCUT2D eigenvalue weighted by Gasteiger charge is -2.08. The van der Waals surface area contributed by atoms with Crippen molar-refractivity contribution in [3.05, 3.63) is 53.1 Å². The van der Waals surface area contributed by atoms with E-state index in [1.54, 1.807) is 11.8 Å². The molecule has 0 radical (unpaired) electrons. The summed E-state index contributed by atoms with van der Waals surface area (Å²) >= 11 is 3.09. The number of amides is 1. The van der Waals surface area contributed by atoms with Crippen molar-refractivity contribution in [3.63, 3.8) is 0 Å². The summed E-state index contributed by atoms with van der Waals surface area (Å²) in [6, 6.07) is 11.7. The molecular formula is C17H17N3OS2. The number of hydrazine groups is 1. The smallest absolute Gasteiger partial charge is 0.270 e. The lowest BCUT2D eigenvalue weighted by molar-refractivity contribution is 0.0960. The normalized spacial score (nSPS) is 10.7. The molecule has 0 aliphatic carbocycles. The SMILES string of the molecule is CSc1ccccc1C(=O)NNc1nc2cc(C)cc(C)c2s1. The van der Waals surface area contributed by atoms with Crippen LogP contribution in [0, 0.1) is 13.8 Å². The Balaban J connectivity index is 1.78. The van der Waals surface area contributed by atoms with E-state index in [0.29, 0.717) is 10.7 Å². The highest BCUT2D eigenvalue weighted by molar-refractivity contribution is 7.98. The Morgan fingerprint density at radius 3 is 2.78 bits per heavy atom. The Kier molecular flexibility index (Phi) is 4.54. The third kappa shape index (κ3) is 3.33. The van der Waals surface area contributed by atoms with Crippen LogP contribution in [0.2, 0.25) is 0 Å². The molecule has 1 heterocycles. The van der Waals surface area contributed by atoms with Crippen molar-refractivity contribution in [1.29, 1.82) is 0 Å². The molecule has 0 atom stereocenters. The summed E-state index contributed by atoms with van der Waals surface area (Å²) in [7, 11) is 0. The van der Waals surface area contributed by atoms with E-state index in [9.17, 15) is 4.79 Å². The molecule has 0 aliphatic heterocycles. The van der Waals surface area contributed by atoms with Gasteiger partial charge >= 0.3 is 0 Å². The summed E-state index contributed by atoms with van der Waals surface area (Å²) in [5.41, 5.74) is 9.65. The highest BCUT2D eigenvalue weighted by Crippen LogP contribution is 2.29. The van der Waals surface area contributed by atoms with E-state index >= 15 is 0 Å². The van der Waals surface area contributed by atoms with Crippen LogP contribution in [0.4, 0.5) is 5.13 Å². The molecule has 1 amide bonds. The number of carbonyl (C=O) groups excluding carboxylic acids is 1. The molecule has 0 bridgehead atoms. The summed E-state index contributed by atoms with van der Waals surface area (Å²) in [5.74, 6) is -0.165. The van der Waals surface area contributed by atoms with E-state index < -0.39 is 0 Å². The Morgan fingerprint density at radius 2 is 2.00 bits per heavy atom. The van der Waals surface area contributed by atoms with Gasteiger partial charge in [-0.1, -0.05) is 29.5 Å². The largest absolute Gasteiger partial charge is 0.273 e. The second-order valence-electron chi connectivity index (χ2n) is 5.23. The monoisotopic (exact) mass is 343 g/mol. The van der Waals surface area contributed by atoms with Gasteiger partial charge in [0.2, 0.25) is 5.13 Å². The molecule has 118 valence electrons. The van der Waals surface area contributed by atoms with Gasteiger partial charge in [-0.3, -0.25) is 15.6 Å². The fraction of sp³-hybridized carbons (Fsp3) is 0.176. The van der Waals surface area contributed by atoms with Crippen molar-refractivity contribution in [3.8, 4) is 0 Å². The van der Waals surface area contributed by atoms with Crippen LogP contribution in [0.1, 0.15) is 21.5 Å². The number of fused-ring (bicyclic) bond motifs is 1. The van der Waals surface area contributed by atoms with Crippen molar-refractivity contribution in [2.75, 3.05) is 11.7 Å². The van der Waals surface area contributed by atoms with Gasteiger partial charge in [-0.15, -0.1) is 11.8 Å². The number of hydrogen-bond donors (Lipinski definition) is 2. The summed E-state index contributed by atoms with van der Waals surface area (Å²) in [4.78, 5) is 17.8. The maximum atomic E-state index is 12.3. The molecule has 0 fully saturated rings. The Bertz CT molecular complexity index is 873. The first-order valence-corrected chi connectivity index (χ1v) is 9.20. The molecule has 0 saturated carbocycles. The van der Waals surface area contributed by atoms with Crippen LogP contribution in [0.3, 0.4) is 0 Å². The van der Waals surface area contributed by atoms with E-state index in [1.165, 1.54) is 22.5 Å². The molecule has 2 aromatic carbocycles. The number of rotatable bonds is 4. The molecule has 1 aromatic heterocycles. The van der Waals surface area contributed by atoms with Crippen molar-refractivity contribution in [1.82, 2.24) is 10.4 Å². The number of hydrogen-bond acceptors (Lipinski definition) is 5. The molecule has 23 heavy (non-hydrogen) atoms.